The van der Waals surface area contributed by atoms with Crippen molar-refractivity contribution in [2.75, 3.05) is 6.54 Å². The fraction of sp³-hybridized carbons (Fsp3) is 0.545. The van der Waals surface area contributed by atoms with Gasteiger partial charge in [0.25, 0.3) is 11.5 Å². The third-order valence-electron chi connectivity index (χ3n) is 3.06. The highest BCUT2D eigenvalue weighted by Gasteiger charge is 2.34. The highest BCUT2D eigenvalue weighted by atomic mass is 16.3. The van der Waals surface area contributed by atoms with Gasteiger partial charge < -0.3 is 10.4 Å². The molecule has 2 N–H and O–H groups in total. The molecule has 2 rings (SSSR count). The van der Waals surface area contributed by atoms with Crippen LogP contribution in [-0.4, -0.2) is 32.9 Å². The zero-order valence-corrected chi connectivity index (χ0v) is 9.64. The summed E-state index contributed by atoms with van der Waals surface area (Å²) in [6.07, 6.45) is 2.42. The van der Waals surface area contributed by atoms with Gasteiger partial charge in [-0.3, -0.25) is 9.59 Å². The number of carbonyl (C=O) groups is 1. The van der Waals surface area contributed by atoms with Crippen LogP contribution in [0.4, 0.5) is 0 Å². The molecule has 1 heterocycles. The second-order valence-corrected chi connectivity index (χ2v) is 4.44. The Labute approximate surface area is 98.3 Å². The van der Waals surface area contributed by atoms with E-state index < -0.39 is 5.60 Å². The standard InChI is InChI=1S/C11H15N3O3/c1-14-9(15)4-3-8(13-14)10(16)12-7-11(17)5-2-6-11/h3-4,17H,2,5-7H2,1H3,(H,12,16). The Morgan fingerprint density at radius 3 is 2.82 bits per heavy atom. The Kier molecular flexibility index (Phi) is 2.97. The summed E-state index contributed by atoms with van der Waals surface area (Å²) in [6.45, 7) is 0.232. The molecule has 0 aliphatic heterocycles. The first-order valence-electron chi connectivity index (χ1n) is 5.55. The van der Waals surface area contributed by atoms with Crippen molar-refractivity contribution in [3.05, 3.63) is 28.2 Å². The molecule has 0 saturated heterocycles. The third kappa shape index (κ3) is 2.52. The lowest BCUT2D eigenvalue weighted by molar-refractivity contribution is -0.0301. The van der Waals surface area contributed by atoms with Gasteiger partial charge in [0.1, 0.15) is 5.69 Å². The van der Waals surface area contributed by atoms with Crippen LogP contribution in [0.15, 0.2) is 16.9 Å². The predicted molar refractivity (Wildman–Crippen MR) is 60.6 cm³/mol. The molecule has 1 aliphatic carbocycles. The Morgan fingerprint density at radius 1 is 1.59 bits per heavy atom. The number of hydrogen-bond acceptors (Lipinski definition) is 4. The van der Waals surface area contributed by atoms with Crippen molar-refractivity contribution in [1.29, 1.82) is 0 Å². The van der Waals surface area contributed by atoms with E-state index in [1.165, 1.54) is 19.2 Å². The summed E-state index contributed by atoms with van der Waals surface area (Å²) in [5.74, 6) is -0.374. The van der Waals surface area contributed by atoms with Crippen LogP contribution in [0.5, 0.6) is 0 Å². The second kappa shape index (κ2) is 4.29. The lowest BCUT2D eigenvalue weighted by Crippen LogP contribution is -2.48. The Balaban J connectivity index is 1.99. The predicted octanol–water partition coefficient (Wildman–Crippen LogP) is -0.575. The Hall–Kier alpha value is -1.69. The summed E-state index contributed by atoms with van der Waals surface area (Å²) in [5, 5.41) is 16.3. The molecular formula is C11H15N3O3. The smallest absolute Gasteiger partial charge is 0.271 e. The second-order valence-electron chi connectivity index (χ2n) is 4.44. The summed E-state index contributed by atoms with van der Waals surface area (Å²) in [6, 6.07) is 2.67. The van der Waals surface area contributed by atoms with Gasteiger partial charge in [-0.15, -0.1) is 0 Å². The van der Waals surface area contributed by atoms with Gasteiger partial charge in [0.15, 0.2) is 0 Å². The highest BCUT2D eigenvalue weighted by molar-refractivity contribution is 5.92. The fourth-order valence-corrected chi connectivity index (χ4v) is 1.72. The fourth-order valence-electron chi connectivity index (χ4n) is 1.72. The first-order chi connectivity index (χ1) is 8.00. The number of hydrogen-bond donors (Lipinski definition) is 2. The van der Waals surface area contributed by atoms with Gasteiger partial charge in [-0.25, -0.2) is 4.68 Å². The van der Waals surface area contributed by atoms with E-state index in [1.54, 1.807) is 0 Å². The maximum absolute atomic E-state index is 11.7. The molecule has 0 bridgehead atoms. The van der Waals surface area contributed by atoms with Crippen LogP contribution in [0.1, 0.15) is 29.8 Å². The van der Waals surface area contributed by atoms with Crippen LogP contribution in [0.3, 0.4) is 0 Å². The number of nitrogens with zero attached hydrogens (tertiary/aromatic N) is 2. The monoisotopic (exact) mass is 237 g/mol. The van der Waals surface area contributed by atoms with Crippen LogP contribution in [0.2, 0.25) is 0 Å². The van der Waals surface area contributed by atoms with Crippen molar-refractivity contribution >= 4 is 5.91 Å². The van der Waals surface area contributed by atoms with Crippen LogP contribution in [0, 0.1) is 0 Å². The molecule has 1 aromatic heterocycles. The van der Waals surface area contributed by atoms with Crippen LogP contribution < -0.4 is 10.9 Å². The molecule has 6 nitrogen and oxygen atoms in total. The number of rotatable bonds is 3. The Morgan fingerprint density at radius 2 is 2.29 bits per heavy atom. The van der Waals surface area contributed by atoms with Gasteiger partial charge >= 0.3 is 0 Å². The summed E-state index contributed by atoms with van der Waals surface area (Å²) in [7, 11) is 1.48. The first kappa shape index (κ1) is 11.8. The molecule has 0 spiro atoms. The van der Waals surface area contributed by atoms with Gasteiger partial charge in [-0.05, 0) is 25.3 Å². The number of amides is 1. The largest absolute Gasteiger partial charge is 0.388 e. The summed E-state index contributed by atoms with van der Waals surface area (Å²) >= 11 is 0. The van der Waals surface area contributed by atoms with E-state index in [2.05, 4.69) is 10.4 Å². The Bertz CT molecular complexity index is 491. The summed E-state index contributed by atoms with van der Waals surface area (Å²) in [5.41, 5.74) is -0.842. The first-order valence-corrected chi connectivity index (χ1v) is 5.55. The minimum Gasteiger partial charge on any atom is -0.388 e. The van der Waals surface area contributed by atoms with Crippen molar-refractivity contribution in [3.8, 4) is 0 Å². The number of nitrogens with one attached hydrogen (secondary N) is 1. The van der Waals surface area contributed by atoms with Gasteiger partial charge in [-0.2, -0.15) is 5.10 Å². The molecular weight excluding hydrogens is 222 g/mol. The van der Waals surface area contributed by atoms with Gasteiger partial charge in [0.2, 0.25) is 0 Å². The van der Waals surface area contributed by atoms with Crippen LogP contribution in [0.25, 0.3) is 0 Å². The van der Waals surface area contributed by atoms with E-state index in [0.717, 1.165) is 11.1 Å². The topological polar surface area (TPSA) is 84.2 Å². The number of aliphatic hydroxyl groups is 1. The number of aryl methyl sites for hydroxylation is 1. The van der Waals surface area contributed by atoms with E-state index >= 15 is 0 Å². The average Bonchev–Trinajstić information content (AvgIpc) is 2.27. The normalized spacial score (nSPS) is 17.3. The van der Waals surface area contributed by atoms with E-state index in [9.17, 15) is 14.7 Å². The molecule has 0 unspecified atom stereocenters. The van der Waals surface area contributed by atoms with E-state index in [4.69, 9.17) is 0 Å². The van der Waals surface area contributed by atoms with Crippen LogP contribution in [-0.2, 0) is 7.05 Å². The average molecular weight is 237 g/mol. The molecule has 1 aliphatic rings. The molecule has 6 heteroatoms. The molecule has 0 aromatic carbocycles. The highest BCUT2D eigenvalue weighted by Crippen LogP contribution is 2.30. The maximum atomic E-state index is 11.7. The van der Waals surface area contributed by atoms with E-state index in [-0.39, 0.29) is 23.7 Å². The van der Waals surface area contributed by atoms with E-state index in [1.807, 2.05) is 0 Å². The van der Waals surface area contributed by atoms with Crippen molar-refractivity contribution in [3.63, 3.8) is 0 Å². The zero-order chi connectivity index (χ0) is 12.5. The minimum absolute atomic E-state index is 0.176. The van der Waals surface area contributed by atoms with E-state index in [0.29, 0.717) is 12.8 Å². The van der Waals surface area contributed by atoms with Crippen LogP contribution >= 0.6 is 0 Å². The summed E-state index contributed by atoms with van der Waals surface area (Å²) < 4.78 is 1.10. The van der Waals surface area contributed by atoms with Crippen molar-refractivity contribution in [1.82, 2.24) is 15.1 Å². The van der Waals surface area contributed by atoms with Gasteiger partial charge in [-0.1, -0.05) is 0 Å². The van der Waals surface area contributed by atoms with Crippen molar-refractivity contribution in [2.24, 2.45) is 7.05 Å². The van der Waals surface area contributed by atoms with Crippen molar-refractivity contribution < 1.29 is 9.90 Å². The molecule has 92 valence electrons. The molecule has 0 atom stereocenters. The number of aromatic nitrogens is 2. The van der Waals surface area contributed by atoms with Gasteiger partial charge in [0, 0.05) is 19.7 Å². The minimum atomic E-state index is -0.754. The molecule has 0 radical (unpaired) electrons. The molecule has 1 saturated carbocycles. The molecule has 1 aromatic rings. The molecule has 17 heavy (non-hydrogen) atoms. The van der Waals surface area contributed by atoms with Crippen molar-refractivity contribution in [2.45, 2.75) is 24.9 Å². The maximum Gasteiger partial charge on any atom is 0.271 e. The lowest BCUT2D eigenvalue weighted by Gasteiger charge is -2.36. The zero-order valence-electron chi connectivity index (χ0n) is 9.64. The quantitative estimate of drug-likeness (QED) is 0.737. The van der Waals surface area contributed by atoms with Gasteiger partial charge in [0.05, 0.1) is 5.60 Å². The number of carbonyl (C=O) groups excluding carboxylic acids is 1. The lowest BCUT2D eigenvalue weighted by atomic mass is 9.80. The molecule has 1 fully saturated rings. The molecule has 1 amide bonds. The third-order valence-corrected chi connectivity index (χ3v) is 3.06. The summed E-state index contributed by atoms with van der Waals surface area (Å²) in [4.78, 5) is 22.8. The SMILES string of the molecule is Cn1nc(C(=O)NCC2(O)CCC2)ccc1=O.